The Morgan fingerprint density at radius 3 is 2.67 bits per heavy atom. The third-order valence-electron chi connectivity index (χ3n) is 2.73. The normalized spacial score (nSPS) is 11.6. The number of amides is 1. The number of carbonyl (C=O) groups is 1. The second-order valence-corrected chi connectivity index (χ2v) is 7.00. The van der Waals surface area contributed by atoms with Crippen LogP contribution in [0, 0.1) is 0 Å². The maximum atomic E-state index is 12.7. The van der Waals surface area contributed by atoms with Gasteiger partial charge in [0, 0.05) is 10.9 Å². The van der Waals surface area contributed by atoms with Crippen molar-refractivity contribution in [3.05, 3.63) is 46.7 Å². The monoisotopic (exact) mass is 375 g/mol. The van der Waals surface area contributed by atoms with Crippen LogP contribution in [-0.2, 0) is 6.18 Å². The lowest BCUT2D eigenvalue weighted by Crippen LogP contribution is -2.16. The number of hydrogen-bond acceptors (Lipinski definition) is 4. The van der Waals surface area contributed by atoms with Gasteiger partial charge in [-0.3, -0.25) is 4.79 Å². The minimum atomic E-state index is -4.49. The highest BCUT2D eigenvalue weighted by molar-refractivity contribution is 7.99. The van der Waals surface area contributed by atoms with Crippen molar-refractivity contribution < 1.29 is 18.0 Å². The molecule has 2 aromatic rings. The average molecular weight is 376 g/mol. The van der Waals surface area contributed by atoms with E-state index in [1.807, 2.05) is 13.8 Å². The summed E-state index contributed by atoms with van der Waals surface area (Å²) in [5, 5.41) is 2.95. The van der Waals surface area contributed by atoms with Gasteiger partial charge in [0.2, 0.25) is 0 Å². The van der Waals surface area contributed by atoms with Crippen molar-refractivity contribution in [2.75, 3.05) is 5.32 Å². The maximum Gasteiger partial charge on any atom is 0.416 e. The van der Waals surface area contributed by atoms with Gasteiger partial charge in [-0.1, -0.05) is 43.3 Å². The number of nitrogens with zero attached hydrogens (tertiary/aromatic N) is 2. The molecule has 1 N–H and O–H groups in total. The summed E-state index contributed by atoms with van der Waals surface area (Å²) in [6.07, 6.45) is -3.20. The standard InChI is InChI=1S/C15H13ClF3N3OS/c1-8(2)24-14-20-7-11(16)12(22-14)13(23)21-10-5-3-4-9(6-10)15(17,18)19/h3-8H,1-2H3,(H,21,23). The minimum absolute atomic E-state index is 0.00238. The fourth-order valence-electron chi connectivity index (χ4n) is 1.74. The molecule has 1 aromatic carbocycles. The first-order chi connectivity index (χ1) is 11.2. The predicted molar refractivity (Wildman–Crippen MR) is 87.4 cm³/mol. The van der Waals surface area contributed by atoms with Crippen LogP contribution < -0.4 is 5.32 Å². The van der Waals surface area contributed by atoms with Crippen molar-refractivity contribution in [2.24, 2.45) is 0 Å². The molecule has 0 fully saturated rings. The molecule has 128 valence electrons. The SMILES string of the molecule is CC(C)Sc1ncc(Cl)c(C(=O)Nc2cccc(C(F)(F)F)c2)n1. The third kappa shape index (κ3) is 4.85. The van der Waals surface area contributed by atoms with Crippen LogP contribution in [0.2, 0.25) is 5.02 Å². The molecule has 24 heavy (non-hydrogen) atoms. The highest BCUT2D eigenvalue weighted by Crippen LogP contribution is 2.31. The number of rotatable bonds is 4. The highest BCUT2D eigenvalue weighted by Gasteiger charge is 2.30. The summed E-state index contributed by atoms with van der Waals surface area (Å²) >= 11 is 7.26. The van der Waals surface area contributed by atoms with Crippen molar-refractivity contribution in [2.45, 2.75) is 30.4 Å². The molecule has 0 saturated carbocycles. The Bertz CT molecular complexity index is 753. The van der Waals surface area contributed by atoms with E-state index in [2.05, 4.69) is 15.3 Å². The smallest absolute Gasteiger partial charge is 0.321 e. The molecule has 0 bridgehead atoms. The molecule has 9 heteroatoms. The Morgan fingerprint density at radius 2 is 2.04 bits per heavy atom. The fraction of sp³-hybridized carbons (Fsp3) is 0.267. The van der Waals surface area contributed by atoms with E-state index in [0.29, 0.717) is 5.16 Å². The van der Waals surface area contributed by atoms with E-state index in [4.69, 9.17) is 11.6 Å². The molecule has 0 aliphatic carbocycles. The quantitative estimate of drug-likeness (QED) is 0.610. The van der Waals surface area contributed by atoms with Gasteiger partial charge in [-0.05, 0) is 18.2 Å². The van der Waals surface area contributed by atoms with E-state index >= 15 is 0 Å². The molecule has 2 rings (SSSR count). The largest absolute Gasteiger partial charge is 0.416 e. The van der Waals surface area contributed by atoms with Crippen LogP contribution >= 0.6 is 23.4 Å². The molecule has 1 aromatic heterocycles. The molecule has 0 radical (unpaired) electrons. The number of thioether (sulfide) groups is 1. The Balaban J connectivity index is 2.24. The van der Waals surface area contributed by atoms with Crippen LogP contribution in [0.15, 0.2) is 35.6 Å². The molecule has 0 atom stereocenters. The molecule has 0 aliphatic rings. The van der Waals surface area contributed by atoms with Crippen LogP contribution in [-0.4, -0.2) is 21.1 Å². The second-order valence-electron chi connectivity index (χ2n) is 5.05. The molecule has 0 unspecified atom stereocenters. The molecule has 0 saturated heterocycles. The summed E-state index contributed by atoms with van der Waals surface area (Å²) < 4.78 is 38.1. The van der Waals surface area contributed by atoms with E-state index in [1.165, 1.54) is 30.1 Å². The van der Waals surface area contributed by atoms with Crippen LogP contribution in [0.4, 0.5) is 18.9 Å². The van der Waals surface area contributed by atoms with Crippen LogP contribution in [0.1, 0.15) is 29.9 Å². The average Bonchev–Trinajstić information content (AvgIpc) is 2.48. The first-order valence-corrected chi connectivity index (χ1v) is 8.10. The van der Waals surface area contributed by atoms with E-state index in [0.717, 1.165) is 12.1 Å². The fourth-order valence-corrected chi connectivity index (χ4v) is 2.60. The van der Waals surface area contributed by atoms with Crippen molar-refractivity contribution in [3.63, 3.8) is 0 Å². The first kappa shape index (κ1) is 18.5. The van der Waals surface area contributed by atoms with Crippen LogP contribution in [0.5, 0.6) is 0 Å². The van der Waals surface area contributed by atoms with E-state index in [9.17, 15) is 18.0 Å². The zero-order valence-corrected chi connectivity index (χ0v) is 14.3. The molecule has 1 heterocycles. The Kier molecular flexibility index (Phi) is 5.71. The van der Waals surface area contributed by atoms with Crippen molar-refractivity contribution >= 4 is 35.0 Å². The summed E-state index contributed by atoms with van der Waals surface area (Å²) in [6, 6.07) is 4.33. The zero-order valence-electron chi connectivity index (χ0n) is 12.7. The van der Waals surface area contributed by atoms with Gasteiger partial charge in [0.1, 0.15) is 0 Å². The summed E-state index contributed by atoms with van der Waals surface area (Å²) in [7, 11) is 0. The minimum Gasteiger partial charge on any atom is -0.321 e. The first-order valence-electron chi connectivity index (χ1n) is 6.84. The highest BCUT2D eigenvalue weighted by atomic mass is 35.5. The Labute approximate surface area is 145 Å². The van der Waals surface area contributed by atoms with E-state index in [-0.39, 0.29) is 21.7 Å². The van der Waals surface area contributed by atoms with Gasteiger partial charge in [-0.25, -0.2) is 9.97 Å². The third-order valence-corrected chi connectivity index (χ3v) is 3.88. The number of anilines is 1. The van der Waals surface area contributed by atoms with Crippen LogP contribution in [0.3, 0.4) is 0 Å². The topological polar surface area (TPSA) is 54.9 Å². The summed E-state index contributed by atoms with van der Waals surface area (Å²) in [5.41, 5.74) is -0.945. The number of carbonyl (C=O) groups excluding carboxylic acids is 1. The lowest BCUT2D eigenvalue weighted by molar-refractivity contribution is -0.137. The number of benzene rings is 1. The van der Waals surface area contributed by atoms with Crippen molar-refractivity contribution in [3.8, 4) is 0 Å². The van der Waals surface area contributed by atoms with Crippen molar-refractivity contribution in [1.82, 2.24) is 9.97 Å². The van der Waals surface area contributed by atoms with Gasteiger partial charge < -0.3 is 5.32 Å². The lowest BCUT2D eigenvalue weighted by Gasteiger charge is -2.11. The van der Waals surface area contributed by atoms with Gasteiger partial charge >= 0.3 is 6.18 Å². The number of alkyl halides is 3. The Hall–Kier alpha value is -1.80. The van der Waals surface area contributed by atoms with Gasteiger partial charge in [0.05, 0.1) is 16.8 Å². The molecular formula is C15H13ClF3N3OS. The zero-order chi connectivity index (χ0) is 17.9. The lowest BCUT2D eigenvalue weighted by atomic mass is 10.2. The molecule has 0 spiro atoms. The Morgan fingerprint density at radius 1 is 1.33 bits per heavy atom. The second kappa shape index (κ2) is 7.40. The number of halogens is 4. The molecular weight excluding hydrogens is 363 g/mol. The van der Waals surface area contributed by atoms with Gasteiger partial charge in [0.25, 0.3) is 5.91 Å². The van der Waals surface area contributed by atoms with Gasteiger partial charge in [-0.15, -0.1) is 0 Å². The van der Waals surface area contributed by atoms with E-state index in [1.54, 1.807) is 0 Å². The number of hydrogen-bond donors (Lipinski definition) is 1. The molecule has 4 nitrogen and oxygen atoms in total. The van der Waals surface area contributed by atoms with E-state index < -0.39 is 17.6 Å². The molecule has 1 amide bonds. The summed E-state index contributed by atoms with van der Waals surface area (Å²) in [5.74, 6) is -0.702. The summed E-state index contributed by atoms with van der Waals surface area (Å²) in [6.45, 7) is 3.87. The van der Waals surface area contributed by atoms with Gasteiger partial charge in [-0.2, -0.15) is 13.2 Å². The molecule has 0 aliphatic heterocycles. The van der Waals surface area contributed by atoms with Crippen LogP contribution in [0.25, 0.3) is 0 Å². The summed E-state index contributed by atoms with van der Waals surface area (Å²) in [4.78, 5) is 20.3. The number of nitrogens with one attached hydrogen (secondary N) is 1. The number of aromatic nitrogens is 2. The predicted octanol–water partition coefficient (Wildman–Crippen LogP) is 4.90. The van der Waals surface area contributed by atoms with Crippen molar-refractivity contribution in [1.29, 1.82) is 0 Å². The van der Waals surface area contributed by atoms with Gasteiger partial charge in [0.15, 0.2) is 10.9 Å². The maximum absolute atomic E-state index is 12.7.